The fourth-order valence-electron chi connectivity index (χ4n) is 2.34. The normalized spacial score (nSPS) is 31.4. The van der Waals surface area contributed by atoms with Crippen molar-refractivity contribution in [2.75, 3.05) is 26.2 Å². The predicted octanol–water partition coefficient (Wildman–Crippen LogP) is 2.10. The Kier molecular flexibility index (Phi) is 3.32. The standard InChI is InChI=1S/C12H17F3N2/c1-11(17-8-6-16-7-9-17)4-2-10(3-5-11)12(13,14)15/h2-4,16H,5-9H2,1H3. The second-order valence-electron chi connectivity index (χ2n) is 4.79. The molecule has 2 nitrogen and oxygen atoms in total. The van der Waals surface area contributed by atoms with Crippen LogP contribution < -0.4 is 5.32 Å². The number of alkyl halides is 3. The third-order valence-electron chi connectivity index (χ3n) is 3.52. The van der Waals surface area contributed by atoms with Gasteiger partial charge in [0.1, 0.15) is 0 Å². The second-order valence-corrected chi connectivity index (χ2v) is 4.79. The number of hydrogen-bond acceptors (Lipinski definition) is 2. The van der Waals surface area contributed by atoms with Gasteiger partial charge in [-0.15, -0.1) is 0 Å². The van der Waals surface area contributed by atoms with E-state index in [2.05, 4.69) is 10.2 Å². The van der Waals surface area contributed by atoms with Crippen LogP contribution in [0.4, 0.5) is 13.2 Å². The Balaban J connectivity index is 2.07. The maximum Gasteiger partial charge on any atom is 0.416 e. The molecule has 0 radical (unpaired) electrons. The zero-order chi connectivity index (χ0) is 12.5. The number of hydrogen-bond donors (Lipinski definition) is 1. The maximum absolute atomic E-state index is 12.5. The molecule has 0 bridgehead atoms. The van der Waals surface area contributed by atoms with Gasteiger partial charge in [-0.05, 0) is 13.3 Å². The fraction of sp³-hybridized carbons (Fsp3) is 0.667. The Morgan fingerprint density at radius 2 is 1.94 bits per heavy atom. The molecule has 1 aliphatic heterocycles. The van der Waals surface area contributed by atoms with Crippen LogP contribution in [0.25, 0.3) is 0 Å². The first-order valence-corrected chi connectivity index (χ1v) is 5.84. The largest absolute Gasteiger partial charge is 0.416 e. The molecule has 1 heterocycles. The van der Waals surface area contributed by atoms with Crippen molar-refractivity contribution in [3.05, 3.63) is 23.8 Å². The Morgan fingerprint density at radius 3 is 2.41 bits per heavy atom. The van der Waals surface area contributed by atoms with E-state index in [0.29, 0.717) is 6.42 Å². The molecule has 2 rings (SSSR count). The number of allylic oxidation sites excluding steroid dienone is 2. The van der Waals surface area contributed by atoms with E-state index in [0.717, 1.165) is 26.2 Å². The molecule has 1 N–H and O–H groups in total. The molecule has 1 saturated heterocycles. The molecular formula is C12H17F3N2. The van der Waals surface area contributed by atoms with Gasteiger partial charge >= 0.3 is 6.18 Å². The highest BCUT2D eigenvalue weighted by atomic mass is 19.4. The fourth-order valence-corrected chi connectivity index (χ4v) is 2.34. The van der Waals surface area contributed by atoms with Crippen LogP contribution in [0.15, 0.2) is 23.8 Å². The summed E-state index contributed by atoms with van der Waals surface area (Å²) in [4.78, 5) is 2.24. The number of nitrogens with zero attached hydrogens (tertiary/aromatic N) is 1. The summed E-state index contributed by atoms with van der Waals surface area (Å²) in [5, 5.41) is 3.24. The topological polar surface area (TPSA) is 15.3 Å². The van der Waals surface area contributed by atoms with E-state index >= 15 is 0 Å². The van der Waals surface area contributed by atoms with Gasteiger partial charge in [0.05, 0.1) is 5.57 Å². The van der Waals surface area contributed by atoms with Gasteiger partial charge < -0.3 is 5.32 Å². The molecule has 5 heteroatoms. The Morgan fingerprint density at radius 1 is 1.29 bits per heavy atom. The molecular weight excluding hydrogens is 229 g/mol. The van der Waals surface area contributed by atoms with Gasteiger partial charge in [0.2, 0.25) is 0 Å². The van der Waals surface area contributed by atoms with Gasteiger partial charge in [0, 0.05) is 31.7 Å². The Hall–Kier alpha value is -0.810. The number of piperazine rings is 1. The van der Waals surface area contributed by atoms with E-state index in [4.69, 9.17) is 0 Å². The van der Waals surface area contributed by atoms with E-state index in [9.17, 15) is 13.2 Å². The summed E-state index contributed by atoms with van der Waals surface area (Å²) in [5.41, 5.74) is -0.790. The lowest BCUT2D eigenvalue weighted by atomic mass is 9.88. The van der Waals surface area contributed by atoms with Gasteiger partial charge in [-0.25, -0.2) is 0 Å². The first-order chi connectivity index (χ1) is 7.92. The number of rotatable bonds is 1. The molecule has 0 spiro atoms. The van der Waals surface area contributed by atoms with E-state index in [1.54, 1.807) is 6.08 Å². The molecule has 0 aromatic rings. The van der Waals surface area contributed by atoms with Crippen LogP contribution in [0.3, 0.4) is 0 Å². The van der Waals surface area contributed by atoms with Crippen LogP contribution in [-0.4, -0.2) is 42.8 Å². The number of nitrogens with one attached hydrogen (secondary N) is 1. The van der Waals surface area contributed by atoms with Crippen LogP contribution in [0.2, 0.25) is 0 Å². The van der Waals surface area contributed by atoms with Crippen LogP contribution in [-0.2, 0) is 0 Å². The van der Waals surface area contributed by atoms with Crippen LogP contribution in [0.1, 0.15) is 13.3 Å². The van der Waals surface area contributed by atoms with Crippen LogP contribution in [0.5, 0.6) is 0 Å². The van der Waals surface area contributed by atoms with E-state index < -0.39 is 11.7 Å². The third-order valence-corrected chi connectivity index (χ3v) is 3.52. The van der Waals surface area contributed by atoms with Crippen molar-refractivity contribution in [3.8, 4) is 0 Å². The molecule has 2 aliphatic rings. The van der Waals surface area contributed by atoms with Crippen LogP contribution in [0, 0.1) is 0 Å². The van der Waals surface area contributed by atoms with Gasteiger partial charge in [0.25, 0.3) is 0 Å². The van der Waals surface area contributed by atoms with Gasteiger partial charge in [0.15, 0.2) is 0 Å². The van der Waals surface area contributed by atoms with Crippen molar-refractivity contribution < 1.29 is 13.2 Å². The van der Waals surface area contributed by atoms with Gasteiger partial charge in [-0.3, -0.25) is 4.90 Å². The minimum atomic E-state index is -4.22. The molecule has 1 unspecified atom stereocenters. The molecule has 96 valence electrons. The summed E-state index contributed by atoms with van der Waals surface area (Å²) in [7, 11) is 0. The summed E-state index contributed by atoms with van der Waals surface area (Å²) in [5.74, 6) is 0. The molecule has 0 aromatic carbocycles. The van der Waals surface area contributed by atoms with Crippen molar-refractivity contribution >= 4 is 0 Å². The maximum atomic E-state index is 12.5. The molecule has 17 heavy (non-hydrogen) atoms. The van der Waals surface area contributed by atoms with Gasteiger partial charge in [-0.1, -0.05) is 18.2 Å². The lowest BCUT2D eigenvalue weighted by molar-refractivity contribution is -0.0890. The summed E-state index contributed by atoms with van der Waals surface area (Å²) < 4.78 is 37.5. The third kappa shape index (κ3) is 2.72. The highest BCUT2D eigenvalue weighted by molar-refractivity contribution is 5.32. The quantitative estimate of drug-likeness (QED) is 0.762. The summed E-state index contributed by atoms with van der Waals surface area (Å²) >= 11 is 0. The lowest BCUT2D eigenvalue weighted by Gasteiger charge is -2.42. The molecule has 1 atom stereocenters. The average Bonchev–Trinajstić information content (AvgIpc) is 2.29. The lowest BCUT2D eigenvalue weighted by Crippen LogP contribution is -2.54. The van der Waals surface area contributed by atoms with Gasteiger partial charge in [-0.2, -0.15) is 13.2 Å². The molecule has 0 amide bonds. The zero-order valence-electron chi connectivity index (χ0n) is 9.85. The summed E-state index contributed by atoms with van der Waals surface area (Å²) in [6.45, 7) is 5.57. The zero-order valence-corrected chi connectivity index (χ0v) is 9.85. The highest BCUT2D eigenvalue weighted by Gasteiger charge is 2.37. The number of halogens is 3. The summed E-state index contributed by atoms with van der Waals surface area (Å²) in [6.07, 6.45) is 0.425. The second kappa shape index (κ2) is 4.46. The first kappa shape index (κ1) is 12.6. The average molecular weight is 246 g/mol. The van der Waals surface area contributed by atoms with Crippen molar-refractivity contribution in [2.24, 2.45) is 0 Å². The smallest absolute Gasteiger partial charge is 0.314 e. The predicted molar refractivity (Wildman–Crippen MR) is 60.7 cm³/mol. The van der Waals surface area contributed by atoms with Crippen molar-refractivity contribution in [1.29, 1.82) is 0 Å². The first-order valence-electron chi connectivity index (χ1n) is 5.84. The Labute approximate surface area is 99.2 Å². The Bertz CT molecular complexity index is 340. The summed E-state index contributed by atoms with van der Waals surface area (Å²) in [6, 6.07) is 0. The molecule has 1 fully saturated rings. The monoisotopic (exact) mass is 246 g/mol. The van der Waals surface area contributed by atoms with E-state index in [1.807, 2.05) is 6.92 Å². The van der Waals surface area contributed by atoms with Crippen molar-refractivity contribution in [2.45, 2.75) is 25.1 Å². The van der Waals surface area contributed by atoms with E-state index in [-0.39, 0.29) is 5.54 Å². The highest BCUT2D eigenvalue weighted by Crippen LogP contribution is 2.34. The van der Waals surface area contributed by atoms with E-state index in [1.165, 1.54) is 12.2 Å². The molecule has 1 aliphatic carbocycles. The molecule has 0 saturated carbocycles. The van der Waals surface area contributed by atoms with Crippen LogP contribution >= 0.6 is 0 Å². The SMILES string of the molecule is CC1(N2CCNCC2)C=CC(C(F)(F)F)=CC1. The molecule has 0 aromatic heterocycles. The minimum absolute atomic E-state index is 0.267. The van der Waals surface area contributed by atoms with Crippen molar-refractivity contribution in [3.63, 3.8) is 0 Å². The van der Waals surface area contributed by atoms with Crippen molar-refractivity contribution in [1.82, 2.24) is 10.2 Å². The minimum Gasteiger partial charge on any atom is -0.314 e.